The molecule has 1 aliphatic heterocycles. The van der Waals surface area contributed by atoms with Crippen molar-refractivity contribution in [3.8, 4) is 17.2 Å². The number of rotatable bonds is 7. The lowest BCUT2D eigenvalue weighted by molar-refractivity contribution is 0.0600. The Morgan fingerprint density at radius 3 is 2.62 bits per heavy atom. The summed E-state index contributed by atoms with van der Waals surface area (Å²) in [5.41, 5.74) is 1.49. The van der Waals surface area contributed by atoms with Crippen molar-refractivity contribution in [3.63, 3.8) is 0 Å². The molecule has 1 aromatic heterocycles. The molecule has 0 unspecified atom stereocenters. The predicted molar refractivity (Wildman–Crippen MR) is 117 cm³/mol. The van der Waals surface area contributed by atoms with Crippen LogP contribution < -0.4 is 14.9 Å². The Hall–Kier alpha value is -3.36. The maximum atomic E-state index is 13.2. The molecule has 168 valence electrons. The van der Waals surface area contributed by atoms with Crippen molar-refractivity contribution in [2.24, 2.45) is 0 Å². The zero-order chi connectivity index (χ0) is 22.7. The minimum atomic E-state index is -0.443. The lowest BCUT2D eigenvalue weighted by Crippen LogP contribution is -2.33. The molecule has 8 nitrogen and oxygen atoms in total. The average molecular weight is 439 g/mol. The topological polar surface area (TPSA) is 87.4 Å². The standard InChI is InChI=1S/C24H25NO7/c1-15-22(32-17-7-5-16(6-8-17)24(27)29-3)21(26)18-9-10-20-19(23(18)31-15)13-25(14-30-20)11-4-12-28-2/h5-10H,4,11-14H2,1-3H3. The molecule has 3 aromatic rings. The fourth-order valence-corrected chi connectivity index (χ4v) is 3.69. The van der Waals surface area contributed by atoms with Gasteiger partial charge >= 0.3 is 5.97 Å². The van der Waals surface area contributed by atoms with Crippen LogP contribution in [0.5, 0.6) is 17.2 Å². The molecule has 8 heteroatoms. The van der Waals surface area contributed by atoms with Crippen LogP contribution in [0.15, 0.2) is 45.6 Å². The van der Waals surface area contributed by atoms with Gasteiger partial charge < -0.3 is 23.4 Å². The lowest BCUT2D eigenvalue weighted by Gasteiger charge is -2.29. The molecule has 0 saturated carbocycles. The van der Waals surface area contributed by atoms with Crippen LogP contribution in [-0.4, -0.2) is 45.0 Å². The van der Waals surface area contributed by atoms with Crippen LogP contribution in [0.1, 0.15) is 28.1 Å². The van der Waals surface area contributed by atoms with Crippen LogP contribution in [0.2, 0.25) is 0 Å². The molecule has 0 saturated heterocycles. The Balaban J connectivity index is 1.64. The van der Waals surface area contributed by atoms with Crippen molar-refractivity contribution >= 4 is 16.9 Å². The van der Waals surface area contributed by atoms with Crippen LogP contribution in [-0.2, 0) is 16.0 Å². The first kappa shape index (κ1) is 21.9. The number of nitrogens with zero attached hydrogens (tertiary/aromatic N) is 1. The summed E-state index contributed by atoms with van der Waals surface area (Å²) in [5, 5.41) is 0.429. The van der Waals surface area contributed by atoms with Gasteiger partial charge in [0.1, 0.15) is 29.6 Å². The van der Waals surface area contributed by atoms with E-state index in [2.05, 4.69) is 4.90 Å². The van der Waals surface area contributed by atoms with Gasteiger partial charge in [0, 0.05) is 26.8 Å². The molecule has 2 heterocycles. The molecule has 0 atom stereocenters. The molecule has 4 rings (SSSR count). The van der Waals surface area contributed by atoms with E-state index in [1.807, 2.05) is 0 Å². The highest BCUT2D eigenvalue weighted by Crippen LogP contribution is 2.34. The van der Waals surface area contributed by atoms with Crippen molar-refractivity contribution in [3.05, 3.63) is 63.5 Å². The van der Waals surface area contributed by atoms with Gasteiger partial charge in [-0.25, -0.2) is 4.79 Å². The van der Waals surface area contributed by atoms with Crippen LogP contribution >= 0.6 is 0 Å². The smallest absolute Gasteiger partial charge is 0.337 e. The summed E-state index contributed by atoms with van der Waals surface area (Å²) >= 11 is 0. The quantitative estimate of drug-likeness (QED) is 0.405. The number of benzene rings is 2. The SMILES string of the molecule is COCCCN1COc2ccc3c(=O)c(Oc4ccc(C(=O)OC)cc4)c(C)oc3c2C1. The van der Waals surface area contributed by atoms with Crippen molar-refractivity contribution in [1.82, 2.24) is 4.90 Å². The van der Waals surface area contributed by atoms with Gasteiger partial charge in [0.25, 0.3) is 0 Å². The van der Waals surface area contributed by atoms with Gasteiger partial charge in [-0.3, -0.25) is 9.69 Å². The van der Waals surface area contributed by atoms with Gasteiger partial charge in [0.2, 0.25) is 11.2 Å². The molecule has 1 aliphatic rings. The van der Waals surface area contributed by atoms with Gasteiger partial charge in [-0.05, 0) is 49.7 Å². The third-order valence-corrected chi connectivity index (χ3v) is 5.35. The maximum Gasteiger partial charge on any atom is 0.337 e. The Kier molecular flexibility index (Phi) is 6.43. The van der Waals surface area contributed by atoms with Crippen LogP contribution in [0.3, 0.4) is 0 Å². The first-order valence-corrected chi connectivity index (χ1v) is 10.3. The molecule has 0 N–H and O–H groups in total. The fraction of sp³-hybridized carbons (Fsp3) is 0.333. The van der Waals surface area contributed by atoms with E-state index in [-0.39, 0.29) is 11.2 Å². The van der Waals surface area contributed by atoms with E-state index in [1.54, 1.807) is 50.4 Å². The summed E-state index contributed by atoms with van der Waals surface area (Å²) in [4.78, 5) is 27.0. The summed E-state index contributed by atoms with van der Waals surface area (Å²) in [6, 6.07) is 9.86. The molecule has 0 aliphatic carbocycles. The predicted octanol–water partition coefficient (Wildman–Crippen LogP) is 3.87. The highest BCUT2D eigenvalue weighted by molar-refractivity contribution is 5.89. The second-order valence-electron chi connectivity index (χ2n) is 7.53. The Morgan fingerprint density at radius 2 is 1.91 bits per heavy atom. The second kappa shape index (κ2) is 9.42. The zero-order valence-corrected chi connectivity index (χ0v) is 18.3. The van der Waals surface area contributed by atoms with Crippen molar-refractivity contribution in [1.29, 1.82) is 0 Å². The summed E-state index contributed by atoms with van der Waals surface area (Å²) in [6.07, 6.45) is 0.885. The Bertz CT molecular complexity index is 1180. The van der Waals surface area contributed by atoms with Crippen LogP contribution in [0.4, 0.5) is 0 Å². The van der Waals surface area contributed by atoms with E-state index in [0.717, 1.165) is 24.3 Å². The van der Waals surface area contributed by atoms with Gasteiger partial charge in [0.05, 0.1) is 23.6 Å². The maximum absolute atomic E-state index is 13.2. The third kappa shape index (κ3) is 4.32. The van der Waals surface area contributed by atoms with Gasteiger partial charge in [-0.2, -0.15) is 0 Å². The fourth-order valence-electron chi connectivity index (χ4n) is 3.69. The first-order valence-electron chi connectivity index (χ1n) is 10.3. The molecular formula is C24H25NO7. The van der Waals surface area contributed by atoms with E-state index in [1.165, 1.54) is 7.11 Å². The zero-order valence-electron chi connectivity index (χ0n) is 18.3. The number of esters is 1. The number of methoxy groups -OCH3 is 2. The minimum Gasteiger partial charge on any atom is -0.478 e. The van der Waals surface area contributed by atoms with Gasteiger partial charge in [-0.1, -0.05) is 0 Å². The number of carbonyl (C=O) groups is 1. The summed E-state index contributed by atoms with van der Waals surface area (Å²) in [7, 11) is 3.00. The van der Waals surface area contributed by atoms with E-state index in [0.29, 0.717) is 47.9 Å². The Morgan fingerprint density at radius 1 is 1.12 bits per heavy atom. The molecule has 2 aromatic carbocycles. The second-order valence-corrected chi connectivity index (χ2v) is 7.53. The number of fused-ring (bicyclic) bond motifs is 3. The number of ether oxygens (including phenoxy) is 4. The van der Waals surface area contributed by atoms with Crippen molar-refractivity contribution < 1.29 is 28.2 Å². The van der Waals surface area contributed by atoms with Gasteiger partial charge in [0.15, 0.2) is 0 Å². The van der Waals surface area contributed by atoms with E-state index in [4.69, 9.17) is 23.4 Å². The van der Waals surface area contributed by atoms with E-state index >= 15 is 0 Å². The summed E-state index contributed by atoms with van der Waals surface area (Å²) < 4.78 is 27.6. The molecule has 0 spiro atoms. The number of aryl methyl sites for hydroxylation is 1. The van der Waals surface area contributed by atoms with Crippen LogP contribution in [0.25, 0.3) is 11.0 Å². The summed E-state index contributed by atoms with van der Waals surface area (Å²) in [6.45, 7) is 4.28. The number of hydrogen-bond donors (Lipinski definition) is 0. The van der Waals surface area contributed by atoms with Crippen molar-refractivity contribution in [2.45, 2.75) is 19.9 Å². The normalized spacial score (nSPS) is 13.5. The number of carbonyl (C=O) groups excluding carboxylic acids is 1. The van der Waals surface area contributed by atoms with E-state index < -0.39 is 5.97 Å². The highest BCUT2D eigenvalue weighted by atomic mass is 16.5. The van der Waals surface area contributed by atoms with Crippen molar-refractivity contribution in [2.75, 3.05) is 34.1 Å². The lowest BCUT2D eigenvalue weighted by atomic mass is 10.1. The average Bonchev–Trinajstić information content (AvgIpc) is 2.81. The monoisotopic (exact) mass is 439 g/mol. The largest absolute Gasteiger partial charge is 0.478 e. The molecular weight excluding hydrogens is 414 g/mol. The van der Waals surface area contributed by atoms with Crippen LogP contribution in [0, 0.1) is 6.92 Å². The highest BCUT2D eigenvalue weighted by Gasteiger charge is 2.24. The molecule has 0 fully saturated rings. The minimum absolute atomic E-state index is 0.108. The molecule has 32 heavy (non-hydrogen) atoms. The molecule has 0 amide bonds. The van der Waals surface area contributed by atoms with E-state index in [9.17, 15) is 9.59 Å². The number of hydrogen-bond acceptors (Lipinski definition) is 8. The van der Waals surface area contributed by atoms with Gasteiger partial charge in [-0.15, -0.1) is 0 Å². The molecule has 0 bridgehead atoms. The third-order valence-electron chi connectivity index (χ3n) is 5.35. The molecule has 0 radical (unpaired) electrons. The Labute approximate surface area is 185 Å². The summed E-state index contributed by atoms with van der Waals surface area (Å²) in [5.74, 6) is 1.16. The first-order chi connectivity index (χ1) is 15.5.